The van der Waals surface area contributed by atoms with E-state index in [-0.39, 0.29) is 0 Å². The minimum Gasteiger partial charge on any atom is -0.490 e. The third kappa shape index (κ3) is 5.48. The molecule has 2 aromatic carbocycles. The molecule has 0 aliphatic rings. The lowest BCUT2D eigenvalue weighted by atomic mass is 10.2. The Morgan fingerprint density at radius 3 is 2.29 bits per heavy atom. The lowest BCUT2D eigenvalue weighted by Crippen LogP contribution is -2.11. The molecule has 0 unspecified atom stereocenters. The van der Waals surface area contributed by atoms with Crippen LogP contribution in [0.3, 0.4) is 0 Å². The second kappa shape index (κ2) is 8.32. The molecule has 21 heavy (non-hydrogen) atoms. The molecule has 0 fully saturated rings. The van der Waals surface area contributed by atoms with Gasteiger partial charge >= 0.3 is 0 Å². The number of hydrogen-bond acceptors (Lipinski definition) is 3. The van der Waals surface area contributed by atoms with Crippen molar-refractivity contribution in [3.63, 3.8) is 0 Å². The highest BCUT2D eigenvalue weighted by atomic mass is 16.5. The van der Waals surface area contributed by atoms with Gasteiger partial charge in [-0.3, -0.25) is 0 Å². The zero-order valence-electron chi connectivity index (χ0n) is 12.8. The third-order valence-electron chi connectivity index (χ3n) is 3.11. The summed E-state index contributed by atoms with van der Waals surface area (Å²) in [5.74, 6) is 1.77. The van der Waals surface area contributed by atoms with Gasteiger partial charge in [0.1, 0.15) is 24.7 Å². The monoisotopic (exact) mass is 285 g/mol. The van der Waals surface area contributed by atoms with E-state index in [2.05, 4.69) is 37.4 Å². The van der Waals surface area contributed by atoms with Crippen LogP contribution in [0.2, 0.25) is 0 Å². The quantitative estimate of drug-likeness (QED) is 0.752. The minimum atomic E-state index is 0.542. The summed E-state index contributed by atoms with van der Waals surface area (Å²) in [5.41, 5.74) is 2.46. The van der Waals surface area contributed by atoms with Crippen LogP contribution >= 0.6 is 0 Å². The molecular formula is C18H23NO2. The van der Waals surface area contributed by atoms with Crippen LogP contribution in [0.4, 0.5) is 0 Å². The van der Waals surface area contributed by atoms with Crippen molar-refractivity contribution in [1.29, 1.82) is 0 Å². The van der Waals surface area contributed by atoms with Crippen LogP contribution in [-0.4, -0.2) is 19.8 Å². The van der Waals surface area contributed by atoms with Crippen LogP contribution in [0.5, 0.6) is 11.5 Å². The summed E-state index contributed by atoms with van der Waals surface area (Å²) in [5, 5.41) is 3.30. The molecule has 2 rings (SSSR count). The molecule has 0 aliphatic heterocycles. The Balaban J connectivity index is 1.71. The molecule has 3 nitrogen and oxygen atoms in total. The molecule has 0 radical (unpaired) electrons. The van der Waals surface area contributed by atoms with E-state index in [9.17, 15) is 0 Å². The Bertz CT molecular complexity index is 537. The number of nitrogens with one attached hydrogen (secondary N) is 1. The molecule has 3 heteroatoms. The maximum absolute atomic E-state index is 5.67. The van der Waals surface area contributed by atoms with Crippen molar-refractivity contribution in [3.8, 4) is 11.5 Å². The van der Waals surface area contributed by atoms with Gasteiger partial charge < -0.3 is 14.8 Å². The Morgan fingerprint density at radius 2 is 1.62 bits per heavy atom. The number of ether oxygens (including phenoxy) is 2. The molecule has 0 saturated heterocycles. The lowest BCUT2D eigenvalue weighted by molar-refractivity contribution is 0.217. The highest BCUT2D eigenvalue weighted by Crippen LogP contribution is 2.14. The van der Waals surface area contributed by atoms with Crippen LogP contribution in [0.15, 0.2) is 48.5 Å². The minimum absolute atomic E-state index is 0.542. The van der Waals surface area contributed by atoms with Gasteiger partial charge in [-0.2, -0.15) is 0 Å². The zero-order chi connectivity index (χ0) is 14.9. The second-order valence-corrected chi connectivity index (χ2v) is 4.94. The average Bonchev–Trinajstić information content (AvgIpc) is 2.51. The summed E-state index contributed by atoms with van der Waals surface area (Å²) in [6.07, 6.45) is 0. The fourth-order valence-electron chi connectivity index (χ4n) is 2.00. The van der Waals surface area contributed by atoms with Crippen molar-refractivity contribution in [2.45, 2.75) is 20.4 Å². The molecule has 2 aromatic rings. The Labute approximate surface area is 126 Å². The molecule has 0 aliphatic carbocycles. The first-order valence-corrected chi connectivity index (χ1v) is 7.40. The van der Waals surface area contributed by atoms with Crippen molar-refractivity contribution in [1.82, 2.24) is 5.32 Å². The van der Waals surface area contributed by atoms with Gasteiger partial charge in [0.2, 0.25) is 0 Å². The first kappa shape index (κ1) is 15.4. The zero-order valence-corrected chi connectivity index (χ0v) is 12.8. The van der Waals surface area contributed by atoms with Gasteiger partial charge in [0.15, 0.2) is 0 Å². The smallest absolute Gasteiger partial charge is 0.122 e. The standard InChI is InChI=1S/C18H23NO2/c1-3-19-14-16-7-9-17(10-8-16)20-11-12-21-18-6-4-5-15(2)13-18/h4-10,13,19H,3,11-12,14H2,1-2H3. The van der Waals surface area contributed by atoms with Crippen LogP contribution in [0, 0.1) is 6.92 Å². The van der Waals surface area contributed by atoms with Crippen molar-refractivity contribution >= 4 is 0 Å². The first-order valence-electron chi connectivity index (χ1n) is 7.40. The van der Waals surface area contributed by atoms with E-state index in [4.69, 9.17) is 9.47 Å². The Kier molecular flexibility index (Phi) is 6.10. The highest BCUT2D eigenvalue weighted by Gasteiger charge is 1.97. The average molecular weight is 285 g/mol. The van der Waals surface area contributed by atoms with E-state index in [1.165, 1.54) is 11.1 Å². The van der Waals surface area contributed by atoms with E-state index in [0.29, 0.717) is 13.2 Å². The second-order valence-electron chi connectivity index (χ2n) is 4.94. The third-order valence-corrected chi connectivity index (χ3v) is 3.11. The van der Waals surface area contributed by atoms with Gasteiger partial charge in [0, 0.05) is 6.54 Å². The van der Waals surface area contributed by atoms with E-state index < -0.39 is 0 Å². The summed E-state index contributed by atoms with van der Waals surface area (Å²) in [6.45, 7) is 7.12. The van der Waals surface area contributed by atoms with Crippen molar-refractivity contribution in [2.75, 3.05) is 19.8 Å². The molecule has 0 aromatic heterocycles. The summed E-state index contributed by atoms with van der Waals surface area (Å²) in [6, 6.07) is 16.2. The summed E-state index contributed by atoms with van der Waals surface area (Å²) in [4.78, 5) is 0. The fourth-order valence-corrected chi connectivity index (χ4v) is 2.00. The molecule has 0 atom stereocenters. The van der Waals surface area contributed by atoms with Crippen LogP contribution in [-0.2, 0) is 6.54 Å². The van der Waals surface area contributed by atoms with E-state index in [1.807, 2.05) is 30.3 Å². The number of hydrogen-bond donors (Lipinski definition) is 1. The topological polar surface area (TPSA) is 30.5 Å². The van der Waals surface area contributed by atoms with Gasteiger partial charge in [-0.05, 0) is 48.9 Å². The van der Waals surface area contributed by atoms with Gasteiger partial charge in [0.05, 0.1) is 0 Å². The van der Waals surface area contributed by atoms with Crippen LogP contribution < -0.4 is 14.8 Å². The van der Waals surface area contributed by atoms with Gasteiger partial charge in [-0.15, -0.1) is 0 Å². The number of aryl methyl sites for hydroxylation is 1. The van der Waals surface area contributed by atoms with Crippen molar-refractivity contribution < 1.29 is 9.47 Å². The summed E-state index contributed by atoms with van der Waals surface area (Å²) < 4.78 is 11.3. The summed E-state index contributed by atoms with van der Waals surface area (Å²) in [7, 11) is 0. The van der Waals surface area contributed by atoms with Gasteiger partial charge in [-0.1, -0.05) is 31.2 Å². The molecule has 0 heterocycles. The Morgan fingerprint density at radius 1 is 0.905 bits per heavy atom. The van der Waals surface area contributed by atoms with Crippen LogP contribution in [0.25, 0.3) is 0 Å². The number of benzene rings is 2. The SMILES string of the molecule is CCNCc1ccc(OCCOc2cccc(C)c2)cc1. The molecule has 0 spiro atoms. The van der Waals surface area contributed by atoms with Crippen LogP contribution in [0.1, 0.15) is 18.1 Å². The maximum atomic E-state index is 5.67. The molecule has 112 valence electrons. The largest absolute Gasteiger partial charge is 0.490 e. The van der Waals surface area contributed by atoms with Crippen molar-refractivity contribution in [2.24, 2.45) is 0 Å². The lowest BCUT2D eigenvalue weighted by Gasteiger charge is -2.09. The first-order chi connectivity index (χ1) is 10.3. The Hall–Kier alpha value is -2.00. The molecular weight excluding hydrogens is 262 g/mol. The molecule has 1 N–H and O–H groups in total. The van der Waals surface area contributed by atoms with Gasteiger partial charge in [0.25, 0.3) is 0 Å². The van der Waals surface area contributed by atoms with E-state index >= 15 is 0 Å². The molecule has 0 saturated carbocycles. The molecule has 0 amide bonds. The summed E-state index contributed by atoms with van der Waals surface area (Å²) >= 11 is 0. The van der Waals surface area contributed by atoms with Crippen molar-refractivity contribution in [3.05, 3.63) is 59.7 Å². The normalized spacial score (nSPS) is 10.4. The maximum Gasteiger partial charge on any atom is 0.122 e. The van der Waals surface area contributed by atoms with E-state index in [0.717, 1.165) is 24.6 Å². The fraction of sp³-hybridized carbons (Fsp3) is 0.333. The predicted molar refractivity (Wildman–Crippen MR) is 86.0 cm³/mol. The van der Waals surface area contributed by atoms with E-state index in [1.54, 1.807) is 0 Å². The number of rotatable bonds is 8. The highest BCUT2D eigenvalue weighted by molar-refractivity contribution is 5.28. The van der Waals surface area contributed by atoms with Gasteiger partial charge in [-0.25, -0.2) is 0 Å². The predicted octanol–water partition coefficient (Wildman–Crippen LogP) is 3.56. The molecule has 0 bridgehead atoms.